The number of nitrogens with one attached hydrogen (secondary N) is 1. The second kappa shape index (κ2) is 4.28. The van der Waals surface area contributed by atoms with Crippen LogP contribution in [0.5, 0.6) is 0 Å². The first-order valence-electron chi connectivity index (χ1n) is 4.34. The van der Waals surface area contributed by atoms with Crippen LogP contribution < -0.4 is 5.73 Å². The number of aromatic nitrogens is 1. The van der Waals surface area contributed by atoms with Gasteiger partial charge in [0.2, 0.25) is 0 Å². The van der Waals surface area contributed by atoms with E-state index in [0.717, 1.165) is 6.26 Å². The van der Waals surface area contributed by atoms with E-state index < -0.39 is 9.84 Å². The summed E-state index contributed by atoms with van der Waals surface area (Å²) in [6, 6.07) is 0. The Morgan fingerprint density at radius 2 is 2.20 bits per heavy atom. The standard InChI is InChI=1S/C8H13N3O2S2/c1-3-5-7(8(9)10)14-6(11-5)4-15(2,12)13/h3-4H2,1-2H3,(H3,9,10). The quantitative estimate of drug-likeness (QED) is 0.599. The Hall–Kier alpha value is -0.950. The van der Waals surface area contributed by atoms with E-state index in [-0.39, 0.29) is 11.6 Å². The van der Waals surface area contributed by atoms with Gasteiger partial charge in [0, 0.05) is 6.26 Å². The van der Waals surface area contributed by atoms with Crippen molar-refractivity contribution in [3.8, 4) is 0 Å². The number of rotatable bonds is 4. The summed E-state index contributed by atoms with van der Waals surface area (Å²) in [7, 11) is -3.08. The van der Waals surface area contributed by atoms with Gasteiger partial charge in [0.15, 0.2) is 9.84 Å². The van der Waals surface area contributed by atoms with Gasteiger partial charge < -0.3 is 5.73 Å². The molecule has 84 valence electrons. The molecule has 0 bridgehead atoms. The molecule has 0 aromatic carbocycles. The van der Waals surface area contributed by atoms with Crippen molar-refractivity contribution >= 4 is 27.0 Å². The molecule has 0 saturated carbocycles. The lowest BCUT2D eigenvalue weighted by Crippen LogP contribution is -2.11. The SMILES string of the molecule is CCc1nc(CS(C)(=O)=O)sc1C(=N)N. The zero-order valence-corrected chi connectivity index (χ0v) is 10.2. The van der Waals surface area contributed by atoms with Gasteiger partial charge in [-0.25, -0.2) is 13.4 Å². The smallest absolute Gasteiger partial charge is 0.153 e. The van der Waals surface area contributed by atoms with Gasteiger partial charge in [-0.2, -0.15) is 0 Å². The molecular formula is C8H13N3O2S2. The lowest BCUT2D eigenvalue weighted by atomic mass is 10.3. The van der Waals surface area contributed by atoms with Gasteiger partial charge in [-0.15, -0.1) is 11.3 Å². The molecule has 0 spiro atoms. The fourth-order valence-electron chi connectivity index (χ4n) is 1.14. The maximum Gasteiger partial charge on any atom is 0.153 e. The molecule has 0 aliphatic carbocycles. The van der Waals surface area contributed by atoms with Crippen LogP contribution >= 0.6 is 11.3 Å². The molecule has 0 aliphatic heterocycles. The van der Waals surface area contributed by atoms with Gasteiger partial charge in [0.05, 0.1) is 10.6 Å². The maximum atomic E-state index is 11.1. The topological polar surface area (TPSA) is 96.9 Å². The third-order valence-corrected chi connectivity index (χ3v) is 3.82. The third-order valence-electron chi connectivity index (χ3n) is 1.71. The van der Waals surface area contributed by atoms with Crippen LogP contribution in [0.3, 0.4) is 0 Å². The minimum absolute atomic E-state index is 0.0518. The van der Waals surface area contributed by atoms with E-state index >= 15 is 0 Å². The van der Waals surface area contributed by atoms with Gasteiger partial charge in [-0.1, -0.05) is 6.92 Å². The average molecular weight is 247 g/mol. The summed E-state index contributed by atoms with van der Waals surface area (Å²) in [4.78, 5) is 4.73. The Bertz CT molecular complexity index is 476. The molecule has 7 heteroatoms. The Morgan fingerprint density at radius 1 is 1.60 bits per heavy atom. The molecule has 0 unspecified atom stereocenters. The summed E-state index contributed by atoms with van der Waals surface area (Å²) in [5.74, 6) is -0.137. The minimum Gasteiger partial charge on any atom is -0.383 e. The van der Waals surface area contributed by atoms with Crippen LogP contribution in [0.1, 0.15) is 22.5 Å². The van der Waals surface area contributed by atoms with E-state index in [1.54, 1.807) is 0 Å². The van der Waals surface area contributed by atoms with Crippen LogP contribution in [0.15, 0.2) is 0 Å². The normalized spacial score (nSPS) is 11.6. The second-order valence-corrected chi connectivity index (χ2v) is 6.44. The summed E-state index contributed by atoms with van der Waals surface area (Å²) in [6.45, 7) is 1.89. The Kier molecular flexibility index (Phi) is 3.46. The van der Waals surface area contributed by atoms with Gasteiger partial charge >= 0.3 is 0 Å². The predicted octanol–water partition coefficient (Wildman–Crippen LogP) is 0.534. The van der Waals surface area contributed by atoms with E-state index in [0.29, 0.717) is 22.0 Å². The van der Waals surface area contributed by atoms with E-state index in [1.807, 2.05) is 6.92 Å². The third kappa shape index (κ3) is 3.28. The van der Waals surface area contributed by atoms with Crippen LogP contribution in [0.2, 0.25) is 0 Å². The maximum absolute atomic E-state index is 11.1. The molecule has 0 fully saturated rings. The Morgan fingerprint density at radius 3 is 2.53 bits per heavy atom. The first-order valence-corrected chi connectivity index (χ1v) is 7.22. The molecule has 0 amide bonds. The van der Waals surface area contributed by atoms with E-state index in [9.17, 15) is 8.42 Å². The van der Waals surface area contributed by atoms with E-state index in [2.05, 4.69) is 4.98 Å². The fourth-order valence-corrected chi connectivity index (χ4v) is 3.34. The van der Waals surface area contributed by atoms with Crippen molar-refractivity contribution in [3.63, 3.8) is 0 Å². The van der Waals surface area contributed by atoms with Crippen LogP contribution in [0.25, 0.3) is 0 Å². The molecule has 15 heavy (non-hydrogen) atoms. The number of nitrogens with two attached hydrogens (primary N) is 1. The van der Waals surface area contributed by atoms with Crippen molar-refractivity contribution in [1.29, 1.82) is 5.41 Å². The predicted molar refractivity (Wildman–Crippen MR) is 61.1 cm³/mol. The number of hydrogen-bond donors (Lipinski definition) is 2. The fraction of sp³-hybridized carbons (Fsp3) is 0.500. The molecule has 0 radical (unpaired) electrons. The Balaban J connectivity index is 3.08. The average Bonchev–Trinajstić information content (AvgIpc) is 2.44. The van der Waals surface area contributed by atoms with Gasteiger partial charge in [-0.3, -0.25) is 5.41 Å². The first kappa shape index (κ1) is 12.1. The van der Waals surface area contributed by atoms with E-state index in [1.165, 1.54) is 11.3 Å². The molecule has 1 heterocycles. The lowest BCUT2D eigenvalue weighted by molar-refractivity contribution is 0.601. The summed E-state index contributed by atoms with van der Waals surface area (Å²) in [6.07, 6.45) is 1.81. The highest BCUT2D eigenvalue weighted by Crippen LogP contribution is 2.20. The Labute approximate surface area is 92.8 Å². The largest absolute Gasteiger partial charge is 0.383 e. The van der Waals surface area contributed by atoms with E-state index in [4.69, 9.17) is 11.1 Å². The zero-order chi connectivity index (χ0) is 11.6. The number of hydrogen-bond acceptors (Lipinski definition) is 5. The molecule has 1 aromatic rings. The van der Waals surface area contributed by atoms with Crippen molar-refractivity contribution in [1.82, 2.24) is 4.98 Å². The van der Waals surface area contributed by atoms with Crippen LogP contribution in [-0.2, 0) is 22.0 Å². The number of aryl methyl sites for hydroxylation is 1. The zero-order valence-electron chi connectivity index (χ0n) is 8.57. The highest BCUT2D eigenvalue weighted by molar-refractivity contribution is 7.90. The van der Waals surface area contributed by atoms with Gasteiger partial charge in [0.1, 0.15) is 16.6 Å². The highest BCUT2D eigenvalue weighted by Gasteiger charge is 2.15. The first-order chi connectivity index (χ1) is 6.83. The molecule has 5 nitrogen and oxygen atoms in total. The van der Waals surface area contributed by atoms with Crippen molar-refractivity contribution in [3.05, 3.63) is 15.6 Å². The molecule has 3 N–H and O–H groups in total. The highest BCUT2D eigenvalue weighted by atomic mass is 32.2. The summed E-state index contributed by atoms with van der Waals surface area (Å²) in [5, 5.41) is 7.82. The van der Waals surface area contributed by atoms with Gasteiger partial charge in [-0.05, 0) is 6.42 Å². The number of thiazole rings is 1. The molecule has 1 rings (SSSR count). The summed E-state index contributed by atoms with van der Waals surface area (Å²) < 4.78 is 22.1. The van der Waals surface area contributed by atoms with Crippen LogP contribution in [0.4, 0.5) is 0 Å². The summed E-state index contributed by atoms with van der Waals surface area (Å²) >= 11 is 1.18. The number of amidine groups is 1. The molecule has 0 aliphatic rings. The molecule has 0 saturated heterocycles. The van der Waals surface area contributed by atoms with Crippen LogP contribution in [-0.4, -0.2) is 25.5 Å². The van der Waals surface area contributed by atoms with Crippen molar-refractivity contribution < 1.29 is 8.42 Å². The summed E-state index contributed by atoms with van der Waals surface area (Å²) in [5.41, 5.74) is 6.07. The molecule has 1 aromatic heterocycles. The number of nitrogen functional groups attached to an aromatic ring is 1. The van der Waals surface area contributed by atoms with Crippen molar-refractivity contribution in [2.75, 3.05) is 6.26 Å². The van der Waals surface area contributed by atoms with Crippen molar-refractivity contribution in [2.45, 2.75) is 19.1 Å². The second-order valence-electron chi connectivity index (χ2n) is 3.22. The monoisotopic (exact) mass is 247 g/mol. The minimum atomic E-state index is -3.08. The molecule has 0 atom stereocenters. The van der Waals surface area contributed by atoms with Crippen LogP contribution in [0, 0.1) is 5.41 Å². The van der Waals surface area contributed by atoms with Crippen molar-refractivity contribution in [2.24, 2.45) is 5.73 Å². The van der Waals surface area contributed by atoms with Gasteiger partial charge in [0.25, 0.3) is 0 Å². The number of nitrogens with zero attached hydrogens (tertiary/aromatic N) is 1. The molecular weight excluding hydrogens is 234 g/mol. The number of sulfone groups is 1. The lowest BCUT2D eigenvalue weighted by Gasteiger charge is -1.93.